The summed E-state index contributed by atoms with van der Waals surface area (Å²) in [4.78, 5) is 13.2. The number of hydrogen-bond acceptors (Lipinski definition) is 6. The third-order valence-corrected chi connectivity index (χ3v) is 3.91. The molecule has 0 bridgehead atoms. The number of aromatic nitrogens is 3. The van der Waals surface area contributed by atoms with Crippen molar-refractivity contribution in [3.05, 3.63) is 83.7 Å². The number of nitrogens with zero attached hydrogens (tertiary/aromatic N) is 3. The molecule has 6 nitrogen and oxygen atoms in total. The predicted octanol–water partition coefficient (Wildman–Crippen LogP) is 3.96. The Morgan fingerprint density at radius 1 is 0.808 bits per heavy atom. The summed E-state index contributed by atoms with van der Waals surface area (Å²) >= 11 is 0. The molecule has 4 rings (SSSR count). The van der Waals surface area contributed by atoms with Crippen LogP contribution in [0.4, 0.5) is 11.9 Å². The first-order valence-corrected chi connectivity index (χ1v) is 8.53. The topological polar surface area (TPSA) is 72.0 Å². The number of allylic oxidation sites excluding steroid dienone is 6. The molecule has 0 spiro atoms. The van der Waals surface area contributed by atoms with Crippen LogP contribution in [0.15, 0.2) is 78.2 Å². The van der Waals surface area contributed by atoms with Gasteiger partial charge in [0.1, 0.15) is 6.61 Å². The van der Waals surface area contributed by atoms with E-state index in [-0.39, 0.29) is 6.01 Å². The van der Waals surface area contributed by atoms with Crippen molar-refractivity contribution in [3.63, 3.8) is 0 Å². The minimum absolute atomic E-state index is 0.284. The highest BCUT2D eigenvalue weighted by Gasteiger charge is 2.11. The molecule has 0 atom stereocenters. The summed E-state index contributed by atoms with van der Waals surface area (Å²) in [6.45, 7) is 0.401. The molecule has 0 unspecified atom stereocenters. The Kier molecular flexibility index (Phi) is 4.73. The first kappa shape index (κ1) is 16.1. The molecular weight excluding hydrogens is 326 g/mol. The second kappa shape index (κ2) is 7.65. The molecule has 0 aliphatic heterocycles. The molecule has 26 heavy (non-hydrogen) atoms. The van der Waals surface area contributed by atoms with Crippen molar-refractivity contribution in [2.75, 3.05) is 10.6 Å². The van der Waals surface area contributed by atoms with Gasteiger partial charge in [0.15, 0.2) is 0 Å². The van der Waals surface area contributed by atoms with E-state index >= 15 is 0 Å². The van der Waals surface area contributed by atoms with E-state index in [1.54, 1.807) is 0 Å². The van der Waals surface area contributed by atoms with Crippen LogP contribution in [0.3, 0.4) is 0 Å². The van der Waals surface area contributed by atoms with Gasteiger partial charge < -0.3 is 15.4 Å². The maximum atomic E-state index is 5.79. The summed E-state index contributed by atoms with van der Waals surface area (Å²) in [6, 6.07) is 10.2. The van der Waals surface area contributed by atoms with Gasteiger partial charge in [-0.15, -0.1) is 0 Å². The molecule has 0 fully saturated rings. The average molecular weight is 345 g/mol. The van der Waals surface area contributed by atoms with Crippen LogP contribution in [0, 0.1) is 0 Å². The highest BCUT2D eigenvalue weighted by atomic mass is 16.5. The van der Waals surface area contributed by atoms with Crippen molar-refractivity contribution in [1.82, 2.24) is 15.0 Å². The van der Waals surface area contributed by atoms with Gasteiger partial charge in [-0.1, -0.05) is 54.6 Å². The monoisotopic (exact) mass is 345 g/mol. The third kappa shape index (κ3) is 4.16. The van der Waals surface area contributed by atoms with Gasteiger partial charge in [0.05, 0.1) is 0 Å². The Hall–Kier alpha value is -3.41. The zero-order chi connectivity index (χ0) is 17.6. The average Bonchev–Trinajstić information content (AvgIpc) is 3.35. The van der Waals surface area contributed by atoms with Gasteiger partial charge in [0.2, 0.25) is 11.9 Å². The Balaban J connectivity index is 1.52. The number of ether oxygens (including phenoxy) is 1. The lowest BCUT2D eigenvalue weighted by molar-refractivity contribution is 0.281. The molecule has 0 saturated heterocycles. The van der Waals surface area contributed by atoms with Crippen LogP contribution in [0.25, 0.3) is 0 Å². The number of rotatable bonds is 7. The summed E-state index contributed by atoms with van der Waals surface area (Å²) in [6.07, 6.45) is 13.8. The molecule has 0 saturated carbocycles. The van der Waals surface area contributed by atoms with E-state index in [0.29, 0.717) is 18.5 Å². The molecule has 6 heteroatoms. The van der Waals surface area contributed by atoms with Crippen LogP contribution in [0.1, 0.15) is 18.4 Å². The zero-order valence-electron chi connectivity index (χ0n) is 14.2. The Bertz CT molecular complexity index is 849. The summed E-state index contributed by atoms with van der Waals surface area (Å²) in [5, 5.41) is 6.45. The number of anilines is 2. The summed E-state index contributed by atoms with van der Waals surface area (Å²) in [5.41, 5.74) is 3.14. The Morgan fingerprint density at radius 3 is 1.96 bits per heavy atom. The van der Waals surface area contributed by atoms with E-state index in [9.17, 15) is 0 Å². The van der Waals surface area contributed by atoms with Crippen molar-refractivity contribution in [3.8, 4) is 6.01 Å². The molecule has 2 aromatic rings. The molecule has 2 N–H and O–H groups in total. The van der Waals surface area contributed by atoms with Crippen LogP contribution in [-0.4, -0.2) is 15.0 Å². The fourth-order valence-corrected chi connectivity index (χ4v) is 2.62. The van der Waals surface area contributed by atoms with Crippen molar-refractivity contribution >= 4 is 11.9 Å². The lowest BCUT2D eigenvalue weighted by atomic mass is 10.2. The summed E-state index contributed by atoms with van der Waals surface area (Å²) < 4.78 is 5.79. The van der Waals surface area contributed by atoms with Gasteiger partial charge in [0.25, 0.3) is 0 Å². The van der Waals surface area contributed by atoms with Gasteiger partial charge >= 0.3 is 6.01 Å². The maximum Gasteiger partial charge on any atom is 0.323 e. The number of benzene rings is 1. The lowest BCUT2D eigenvalue weighted by Crippen LogP contribution is -2.10. The smallest absolute Gasteiger partial charge is 0.323 e. The second-order valence-electron chi connectivity index (χ2n) is 5.94. The molecule has 130 valence electrons. The third-order valence-electron chi connectivity index (χ3n) is 3.91. The Morgan fingerprint density at radius 2 is 1.42 bits per heavy atom. The highest BCUT2D eigenvalue weighted by Crippen LogP contribution is 2.19. The molecule has 1 aromatic carbocycles. The van der Waals surface area contributed by atoms with Crippen molar-refractivity contribution in [2.24, 2.45) is 0 Å². The van der Waals surface area contributed by atoms with Crippen molar-refractivity contribution in [2.45, 2.75) is 19.4 Å². The van der Waals surface area contributed by atoms with Crippen LogP contribution in [0.5, 0.6) is 6.01 Å². The van der Waals surface area contributed by atoms with Gasteiger partial charge in [-0.25, -0.2) is 0 Å². The van der Waals surface area contributed by atoms with Gasteiger partial charge in [-0.05, 0) is 17.7 Å². The molecule has 2 aliphatic carbocycles. The Labute approximate surface area is 152 Å². The van der Waals surface area contributed by atoms with Crippen LogP contribution in [-0.2, 0) is 6.61 Å². The quantitative estimate of drug-likeness (QED) is 0.791. The van der Waals surface area contributed by atoms with Crippen LogP contribution >= 0.6 is 0 Å². The van der Waals surface area contributed by atoms with Gasteiger partial charge in [-0.3, -0.25) is 0 Å². The molecule has 0 amide bonds. The van der Waals surface area contributed by atoms with Crippen molar-refractivity contribution < 1.29 is 4.74 Å². The maximum absolute atomic E-state index is 5.79. The first-order chi connectivity index (χ1) is 12.8. The number of nitrogens with one attached hydrogen (secondary N) is 2. The number of hydrogen-bond donors (Lipinski definition) is 2. The standard InChI is InChI=1S/C20H19N5O/c1-2-8-15(9-3-1)14-26-20-24-18(21-16-10-4-5-11-16)23-19(25-20)22-17-12-6-7-13-17/h1-10,12H,11,13-14H2,(H2,21,22,23,24,25). The molecule has 2 aliphatic rings. The minimum atomic E-state index is 0.284. The van der Waals surface area contributed by atoms with E-state index in [4.69, 9.17) is 4.74 Å². The van der Waals surface area contributed by atoms with E-state index < -0.39 is 0 Å². The lowest BCUT2D eigenvalue weighted by Gasteiger charge is -2.11. The van der Waals surface area contributed by atoms with E-state index in [0.717, 1.165) is 29.8 Å². The first-order valence-electron chi connectivity index (χ1n) is 8.53. The normalized spacial score (nSPS) is 14.9. The van der Waals surface area contributed by atoms with E-state index in [1.165, 1.54) is 0 Å². The zero-order valence-corrected chi connectivity index (χ0v) is 14.2. The molecular formula is C20H19N5O. The van der Waals surface area contributed by atoms with Crippen LogP contribution < -0.4 is 15.4 Å². The van der Waals surface area contributed by atoms with Gasteiger partial charge in [-0.2, -0.15) is 15.0 Å². The SMILES string of the molecule is C1=CCC(Nc2nc(NC3=CC=CC3)nc(OCc3ccccc3)n2)=C1. The van der Waals surface area contributed by atoms with Crippen LogP contribution in [0.2, 0.25) is 0 Å². The van der Waals surface area contributed by atoms with E-state index in [1.807, 2.05) is 54.6 Å². The minimum Gasteiger partial charge on any atom is -0.458 e. The predicted molar refractivity (Wildman–Crippen MR) is 102 cm³/mol. The van der Waals surface area contributed by atoms with Crippen molar-refractivity contribution in [1.29, 1.82) is 0 Å². The fourth-order valence-electron chi connectivity index (χ4n) is 2.62. The highest BCUT2D eigenvalue weighted by molar-refractivity contribution is 5.46. The summed E-state index contributed by atoms with van der Waals surface area (Å²) in [5.74, 6) is 0.930. The van der Waals surface area contributed by atoms with E-state index in [2.05, 4.69) is 37.7 Å². The van der Waals surface area contributed by atoms with Gasteiger partial charge in [0, 0.05) is 24.2 Å². The molecule has 1 heterocycles. The fraction of sp³-hybridized carbons (Fsp3) is 0.150. The summed E-state index contributed by atoms with van der Waals surface area (Å²) in [7, 11) is 0. The molecule has 1 aromatic heterocycles. The largest absolute Gasteiger partial charge is 0.458 e. The molecule has 0 radical (unpaired) electrons. The second-order valence-corrected chi connectivity index (χ2v) is 5.94.